The fourth-order valence-corrected chi connectivity index (χ4v) is 3.38. The van der Waals surface area contributed by atoms with E-state index in [2.05, 4.69) is 41.1 Å². The summed E-state index contributed by atoms with van der Waals surface area (Å²) >= 11 is 11.0. The van der Waals surface area contributed by atoms with Gasteiger partial charge in [0.1, 0.15) is 0 Å². The third kappa shape index (κ3) is 1.76. The van der Waals surface area contributed by atoms with Crippen molar-refractivity contribution in [3.63, 3.8) is 0 Å². The third-order valence-corrected chi connectivity index (χ3v) is 3.98. The number of thiophene rings is 1. The Morgan fingerprint density at radius 1 is 1.38 bits per heavy atom. The molecule has 0 atom stereocenters. The van der Waals surface area contributed by atoms with E-state index >= 15 is 0 Å². The van der Waals surface area contributed by atoms with Gasteiger partial charge in [-0.05, 0) is 36.1 Å². The van der Waals surface area contributed by atoms with Crippen LogP contribution in [0.25, 0.3) is 10.1 Å². The molecule has 2 rings (SSSR count). The molecule has 0 aliphatic heterocycles. The molecule has 13 heavy (non-hydrogen) atoms. The molecule has 0 aliphatic rings. The Morgan fingerprint density at radius 2 is 2.15 bits per heavy atom. The van der Waals surface area contributed by atoms with Gasteiger partial charge in [0, 0.05) is 14.0 Å². The van der Waals surface area contributed by atoms with Gasteiger partial charge in [0.2, 0.25) is 0 Å². The number of rotatable bonds is 1. The van der Waals surface area contributed by atoms with E-state index < -0.39 is 0 Å². The molecule has 1 aromatic heterocycles. The van der Waals surface area contributed by atoms with Crippen LogP contribution in [-0.4, -0.2) is 0 Å². The average Bonchev–Trinajstić information content (AvgIpc) is 2.47. The molecule has 2 aromatic rings. The molecule has 68 valence electrons. The van der Waals surface area contributed by atoms with Crippen LogP contribution in [0.1, 0.15) is 10.4 Å². The van der Waals surface area contributed by atoms with Gasteiger partial charge in [-0.3, -0.25) is 0 Å². The molecule has 0 saturated heterocycles. The van der Waals surface area contributed by atoms with Gasteiger partial charge >= 0.3 is 0 Å². The van der Waals surface area contributed by atoms with Gasteiger partial charge in [-0.25, -0.2) is 0 Å². The lowest BCUT2D eigenvalue weighted by molar-refractivity contribution is 1.50. The maximum atomic E-state index is 5.79. The first-order valence-electron chi connectivity index (χ1n) is 3.95. The van der Waals surface area contributed by atoms with Crippen LogP contribution in [0.5, 0.6) is 0 Å². The van der Waals surface area contributed by atoms with Gasteiger partial charge in [-0.1, -0.05) is 15.9 Å². The van der Waals surface area contributed by atoms with Crippen molar-refractivity contribution in [1.82, 2.24) is 0 Å². The fraction of sp³-hybridized carbons (Fsp3) is 0.200. The second-order valence-corrected chi connectivity index (χ2v) is 5.33. The molecule has 0 amide bonds. The average molecular weight is 276 g/mol. The monoisotopic (exact) mass is 274 g/mol. The summed E-state index contributed by atoms with van der Waals surface area (Å²) in [6.45, 7) is 2.12. The number of halogens is 2. The zero-order valence-electron chi connectivity index (χ0n) is 7.10. The number of fused-ring (bicyclic) bond motifs is 1. The van der Waals surface area contributed by atoms with Crippen LogP contribution in [0.2, 0.25) is 0 Å². The van der Waals surface area contributed by atoms with Gasteiger partial charge in [-0.2, -0.15) is 0 Å². The molecular weight excluding hydrogens is 268 g/mol. The topological polar surface area (TPSA) is 0 Å². The minimum atomic E-state index is 0.608. The van der Waals surface area contributed by atoms with Crippen LogP contribution in [0.4, 0.5) is 0 Å². The highest BCUT2D eigenvalue weighted by molar-refractivity contribution is 9.10. The Kier molecular flexibility index (Phi) is 2.63. The second kappa shape index (κ2) is 3.60. The van der Waals surface area contributed by atoms with Crippen molar-refractivity contribution in [2.45, 2.75) is 12.8 Å². The van der Waals surface area contributed by atoms with Crippen molar-refractivity contribution >= 4 is 49.0 Å². The number of hydrogen-bond donors (Lipinski definition) is 0. The molecule has 0 saturated carbocycles. The predicted molar refractivity (Wildman–Crippen MR) is 63.8 cm³/mol. The quantitative estimate of drug-likeness (QED) is 0.661. The van der Waals surface area contributed by atoms with Crippen LogP contribution in [0, 0.1) is 6.92 Å². The molecule has 0 unspecified atom stereocenters. The smallest absolute Gasteiger partial charge is 0.0568 e. The van der Waals surface area contributed by atoms with Crippen molar-refractivity contribution in [2.75, 3.05) is 0 Å². The largest absolute Gasteiger partial charge is 0.139 e. The van der Waals surface area contributed by atoms with Gasteiger partial charge in [0.25, 0.3) is 0 Å². The summed E-state index contributed by atoms with van der Waals surface area (Å²) in [7, 11) is 0. The summed E-state index contributed by atoms with van der Waals surface area (Å²) < 4.78 is 2.45. The first-order valence-corrected chi connectivity index (χ1v) is 6.09. The van der Waals surface area contributed by atoms with Crippen LogP contribution in [-0.2, 0) is 5.88 Å². The summed E-state index contributed by atoms with van der Waals surface area (Å²) in [4.78, 5) is 1.23. The summed E-state index contributed by atoms with van der Waals surface area (Å²) in [5.41, 5.74) is 1.30. The Hall–Kier alpha value is -0.0500. The highest BCUT2D eigenvalue weighted by Gasteiger charge is 2.04. The lowest BCUT2D eigenvalue weighted by Crippen LogP contribution is -1.72. The summed E-state index contributed by atoms with van der Waals surface area (Å²) in [6, 6.07) is 6.45. The van der Waals surface area contributed by atoms with E-state index in [4.69, 9.17) is 11.6 Å². The van der Waals surface area contributed by atoms with Gasteiger partial charge in [0.15, 0.2) is 0 Å². The normalized spacial score (nSPS) is 11.0. The standard InChI is InChI=1S/C10H8BrClS/c1-6-2-7(11)3-10-9(6)4-8(5-12)13-10/h2-4H,5H2,1H3. The maximum Gasteiger partial charge on any atom is 0.0568 e. The summed E-state index contributed by atoms with van der Waals surface area (Å²) in [5, 5.41) is 1.32. The number of alkyl halides is 1. The van der Waals surface area contributed by atoms with E-state index in [0.29, 0.717) is 5.88 Å². The Labute approximate surface area is 94.7 Å². The Morgan fingerprint density at radius 3 is 2.85 bits per heavy atom. The fourth-order valence-electron chi connectivity index (χ4n) is 1.39. The molecule has 0 aliphatic carbocycles. The van der Waals surface area contributed by atoms with Crippen molar-refractivity contribution in [1.29, 1.82) is 0 Å². The van der Waals surface area contributed by atoms with Crippen molar-refractivity contribution in [3.8, 4) is 0 Å². The number of benzene rings is 1. The number of hydrogen-bond acceptors (Lipinski definition) is 1. The minimum absolute atomic E-state index is 0.608. The molecule has 3 heteroatoms. The highest BCUT2D eigenvalue weighted by Crippen LogP contribution is 2.31. The summed E-state index contributed by atoms with van der Waals surface area (Å²) in [6.07, 6.45) is 0. The molecule has 0 fully saturated rings. The van der Waals surface area contributed by atoms with Gasteiger partial charge in [0.05, 0.1) is 5.88 Å². The lowest BCUT2D eigenvalue weighted by Gasteiger charge is -1.96. The molecule has 1 aromatic carbocycles. The Bertz CT molecular complexity index is 447. The van der Waals surface area contributed by atoms with Gasteiger partial charge < -0.3 is 0 Å². The first-order chi connectivity index (χ1) is 6.20. The number of aryl methyl sites for hydroxylation is 1. The molecule has 0 radical (unpaired) electrons. The van der Waals surface area contributed by atoms with E-state index in [0.717, 1.165) is 4.47 Å². The van der Waals surface area contributed by atoms with Crippen LogP contribution in [0.3, 0.4) is 0 Å². The SMILES string of the molecule is Cc1cc(Br)cc2sc(CCl)cc12. The zero-order chi connectivity index (χ0) is 9.42. The molecule has 0 nitrogen and oxygen atoms in total. The molecule has 0 bridgehead atoms. The molecule has 0 N–H and O–H groups in total. The minimum Gasteiger partial charge on any atom is -0.139 e. The molecule has 0 spiro atoms. The maximum absolute atomic E-state index is 5.79. The molecular formula is C10H8BrClS. The molecule has 1 heterocycles. The van der Waals surface area contributed by atoms with E-state index in [1.165, 1.54) is 20.5 Å². The van der Waals surface area contributed by atoms with Crippen molar-refractivity contribution in [2.24, 2.45) is 0 Å². The first kappa shape index (κ1) is 9.50. The Balaban J connectivity index is 2.75. The van der Waals surface area contributed by atoms with E-state index in [9.17, 15) is 0 Å². The lowest BCUT2D eigenvalue weighted by atomic mass is 10.1. The van der Waals surface area contributed by atoms with Crippen molar-refractivity contribution < 1.29 is 0 Å². The van der Waals surface area contributed by atoms with E-state index in [1.807, 2.05) is 0 Å². The van der Waals surface area contributed by atoms with Gasteiger partial charge in [-0.15, -0.1) is 22.9 Å². The van der Waals surface area contributed by atoms with E-state index in [-0.39, 0.29) is 0 Å². The highest BCUT2D eigenvalue weighted by atomic mass is 79.9. The third-order valence-electron chi connectivity index (χ3n) is 1.99. The second-order valence-electron chi connectivity index (χ2n) is 2.98. The van der Waals surface area contributed by atoms with Crippen LogP contribution >= 0.6 is 38.9 Å². The summed E-state index contributed by atoms with van der Waals surface area (Å²) in [5.74, 6) is 0.608. The van der Waals surface area contributed by atoms with Crippen LogP contribution in [0.15, 0.2) is 22.7 Å². The van der Waals surface area contributed by atoms with E-state index in [1.54, 1.807) is 11.3 Å². The van der Waals surface area contributed by atoms with Crippen molar-refractivity contribution in [3.05, 3.63) is 33.1 Å². The zero-order valence-corrected chi connectivity index (χ0v) is 10.3. The van der Waals surface area contributed by atoms with Crippen LogP contribution < -0.4 is 0 Å². The predicted octanol–water partition coefficient (Wildman–Crippen LogP) is 4.71.